The second-order valence-electron chi connectivity index (χ2n) is 10.1. The molecule has 174 valence electrons. The number of aryl methyl sites for hydroxylation is 2. The van der Waals surface area contributed by atoms with E-state index in [2.05, 4.69) is 37.6 Å². The molecule has 0 saturated heterocycles. The van der Waals surface area contributed by atoms with Crippen molar-refractivity contribution in [2.45, 2.75) is 65.1 Å². The number of benzene rings is 2. The molecule has 2 aliphatic rings. The molecule has 0 spiro atoms. The molecule has 0 radical (unpaired) electrons. The van der Waals surface area contributed by atoms with E-state index in [-0.39, 0.29) is 35.1 Å². The largest absolute Gasteiger partial charge is 0.508 e. The first-order valence-electron chi connectivity index (χ1n) is 11.9. The molecular formula is C28H32FNO3. The van der Waals surface area contributed by atoms with Gasteiger partial charge in [0.15, 0.2) is 0 Å². The summed E-state index contributed by atoms with van der Waals surface area (Å²) in [6.07, 6.45) is 5.26. The lowest BCUT2D eigenvalue weighted by molar-refractivity contribution is 0.0475. The first-order valence-corrected chi connectivity index (χ1v) is 11.9. The maximum atomic E-state index is 14.8. The maximum absolute atomic E-state index is 14.8. The number of phenols is 1. The van der Waals surface area contributed by atoms with Crippen LogP contribution < -0.4 is 4.74 Å². The van der Waals surface area contributed by atoms with Gasteiger partial charge < -0.3 is 19.5 Å². The van der Waals surface area contributed by atoms with Crippen LogP contribution in [0.2, 0.25) is 0 Å². The molecule has 5 rings (SSSR count). The summed E-state index contributed by atoms with van der Waals surface area (Å²) in [5.74, 6) is 0.282. The quantitative estimate of drug-likeness (QED) is 0.500. The van der Waals surface area contributed by atoms with Crippen molar-refractivity contribution in [1.82, 2.24) is 4.57 Å². The number of hydrogen-bond acceptors (Lipinski definition) is 3. The van der Waals surface area contributed by atoms with E-state index in [1.165, 1.54) is 17.3 Å². The van der Waals surface area contributed by atoms with Gasteiger partial charge in [-0.3, -0.25) is 0 Å². The Balaban J connectivity index is 1.47. The number of phenolic OH excluding ortho intramolecular Hbond substituents is 1. The highest BCUT2D eigenvalue weighted by molar-refractivity contribution is 5.45. The van der Waals surface area contributed by atoms with Crippen LogP contribution in [0.3, 0.4) is 0 Å². The molecule has 1 heterocycles. The van der Waals surface area contributed by atoms with E-state index in [1.54, 1.807) is 6.07 Å². The van der Waals surface area contributed by atoms with Crippen molar-refractivity contribution in [3.8, 4) is 17.2 Å². The third kappa shape index (κ3) is 3.93. The van der Waals surface area contributed by atoms with Crippen molar-refractivity contribution < 1.29 is 19.3 Å². The van der Waals surface area contributed by atoms with Crippen LogP contribution in [0.25, 0.3) is 5.69 Å². The molecule has 0 amide bonds. The van der Waals surface area contributed by atoms with Gasteiger partial charge in [0.25, 0.3) is 0 Å². The summed E-state index contributed by atoms with van der Waals surface area (Å²) in [5.41, 5.74) is 4.75. The average Bonchev–Trinajstić information content (AvgIpc) is 3.44. The van der Waals surface area contributed by atoms with Crippen molar-refractivity contribution in [1.29, 1.82) is 0 Å². The fourth-order valence-corrected chi connectivity index (χ4v) is 5.99. The molecule has 3 aromatic rings. The summed E-state index contributed by atoms with van der Waals surface area (Å²) >= 11 is 0. The highest BCUT2D eigenvalue weighted by atomic mass is 19.1. The van der Waals surface area contributed by atoms with Crippen LogP contribution in [0.4, 0.5) is 4.39 Å². The fraction of sp³-hybridized carbons (Fsp3) is 0.429. The van der Waals surface area contributed by atoms with E-state index >= 15 is 0 Å². The SMILES string of the molecule is CCc1cc(C)cn1-c1ccc(OC2c3cc(O)cc(F)c3CC2C2(C)CCC(O)C2)cc1. The van der Waals surface area contributed by atoms with Gasteiger partial charge in [0.2, 0.25) is 0 Å². The Labute approximate surface area is 194 Å². The Morgan fingerprint density at radius 3 is 2.61 bits per heavy atom. The summed E-state index contributed by atoms with van der Waals surface area (Å²) in [7, 11) is 0. The molecule has 4 atom stereocenters. The van der Waals surface area contributed by atoms with Crippen molar-refractivity contribution in [3.05, 3.63) is 76.9 Å². The highest BCUT2D eigenvalue weighted by Gasteiger charge is 2.49. The Hall–Kier alpha value is -2.79. The van der Waals surface area contributed by atoms with Crippen molar-refractivity contribution >= 4 is 0 Å². The molecule has 2 N–H and O–H groups in total. The van der Waals surface area contributed by atoms with Crippen LogP contribution in [0.5, 0.6) is 11.5 Å². The number of aliphatic hydroxyl groups is 1. The lowest BCUT2D eigenvalue weighted by Gasteiger charge is -2.36. The molecular weight excluding hydrogens is 417 g/mol. The topological polar surface area (TPSA) is 54.6 Å². The van der Waals surface area contributed by atoms with Crippen molar-refractivity contribution in [3.63, 3.8) is 0 Å². The number of nitrogens with zero attached hydrogens (tertiary/aromatic N) is 1. The second kappa shape index (κ2) is 8.21. The number of halogens is 1. The summed E-state index contributed by atoms with van der Waals surface area (Å²) in [6.45, 7) is 6.42. The van der Waals surface area contributed by atoms with Crippen LogP contribution in [0.15, 0.2) is 48.7 Å². The third-order valence-corrected chi connectivity index (χ3v) is 7.73. The van der Waals surface area contributed by atoms with Gasteiger partial charge in [-0.05, 0) is 92.0 Å². The van der Waals surface area contributed by atoms with Gasteiger partial charge in [-0.2, -0.15) is 0 Å². The van der Waals surface area contributed by atoms with Crippen LogP contribution in [0.1, 0.15) is 61.6 Å². The molecule has 33 heavy (non-hydrogen) atoms. The fourth-order valence-electron chi connectivity index (χ4n) is 5.99. The number of ether oxygens (including phenoxy) is 1. The monoisotopic (exact) mass is 449 g/mol. The minimum atomic E-state index is -0.381. The van der Waals surface area contributed by atoms with Crippen LogP contribution >= 0.6 is 0 Å². The zero-order valence-corrected chi connectivity index (χ0v) is 19.5. The number of aliphatic hydroxyl groups excluding tert-OH is 1. The Morgan fingerprint density at radius 1 is 1.18 bits per heavy atom. The van der Waals surface area contributed by atoms with Gasteiger partial charge in [0, 0.05) is 35.1 Å². The highest BCUT2D eigenvalue weighted by Crippen LogP contribution is 2.55. The van der Waals surface area contributed by atoms with E-state index < -0.39 is 0 Å². The molecule has 2 aliphatic carbocycles. The number of fused-ring (bicyclic) bond motifs is 1. The normalized spacial score (nSPS) is 26.5. The molecule has 1 aromatic heterocycles. The Morgan fingerprint density at radius 2 is 1.94 bits per heavy atom. The first-order chi connectivity index (χ1) is 15.8. The Kier molecular flexibility index (Phi) is 5.48. The molecule has 0 aliphatic heterocycles. The van der Waals surface area contributed by atoms with Gasteiger partial charge >= 0.3 is 0 Å². The van der Waals surface area contributed by atoms with Gasteiger partial charge in [0.1, 0.15) is 23.4 Å². The first kappa shape index (κ1) is 22.0. The van der Waals surface area contributed by atoms with E-state index in [0.717, 1.165) is 36.3 Å². The van der Waals surface area contributed by atoms with Crippen molar-refractivity contribution in [2.24, 2.45) is 11.3 Å². The lowest BCUT2D eigenvalue weighted by atomic mass is 9.73. The molecule has 0 bridgehead atoms. The van der Waals surface area contributed by atoms with Crippen molar-refractivity contribution in [2.75, 3.05) is 0 Å². The maximum Gasteiger partial charge on any atom is 0.130 e. The smallest absolute Gasteiger partial charge is 0.130 e. The minimum Gasteiger partial charge on any atom is -0.508 e. The van der Waals surface area contributed by atoms with E-state index in [9.17, 15) is 14.6 Å². The molecule has 2 aromatic carbocycles. The molecule has 4 nitrogen and oxygen atoms in total. The van der Waals surface area contributed by atoms with E-state index in [1.807, 2.05) is 24.3 Å². The lowest BCUT2D eigenvalue weighted by Crippen LogP contribution is -2.31. The number of aromatic hydroxyl groups is 1. The molecule has 1 fully saturated rings. The predicted molar refractivity (Wildman–Crippen MR) is 126 cm³/mol. The third-order valence-electron chi connectivity index (χ3n) is 7.73. The number of aromatic nitrogens is 1. The number of hydrogen-bond donors (Lipinski definition) is 2. The number of rotatable bonds is 5. The van der Waals surface area contributed by atoms with Gasteiger partial charge in [-0.1, -0.05) is 13.8 Å². The Bertz CT molecular complexity index is 1170. The standard InChI is InChI=1S/C28H32FNO3/c1-4-18-11-17(2)16-30(18)19-5-7-22(8-6-19)33-27-24-12-21(32)13-26(29)23(24)14-25(27)28(3)10-9-20(31)15-28/h5-8,11-13,16,20,25,27,31-32H,4,9-10,14-15H2,1-3H3. The average molecular weight is 450 g/mol. The predicted octanol–water partition coefficient (Wildman–Crippen LogP) is 6.04. The molecule has 4 unspecified atom stereocenters. The summed E-state index contributed by atoms with van der Waals surface area (Å²) < 4.78 is 23.5. The molecule has 1 saturated carbocycles. The van der Waals surface area contributed by atoms with E-state index in [4.69, 9.17) is 4.74 Å². The minimum absolute atomic E-state index is 0.0272. The zero-order valence-electron chi connectivity index (χ0n) is 19.5. The van der Waals surface area contributed by atoms with Gasteiger partial charge in [-0.15, -0.1) is 0 Å². The molecule has 5 heteroatoms. The van der Waals surface area contributed by atoms with E-state index in [0.29, 0.717) is 18.4 Å². The summed E-state index contributed by atoms with van der Waals surface area (Å²) in [5, 5.41) is 20.3. The van der Waals surface area contributed by atoms with Crippen LogP contribution in [0, 0.1) is 24.1 Å². The second-order valence-corrected chi connectivity index (χ2v) is 10.1. The zero-order chi connectivity index (χ0) is 23.3. The van der Waals surface area contributed by atoms with Gasteiger partial charge in [-0.25, -0.2) is 4.39 Å². The van der Waals surface area contributed by atoms with Crippen LogP contribution in [-0.4, -0.2) is 20.9 Å². The summed E-state index contributed by atoms with van der Waals surface area (Å²) in [4.78, 5) is 0. The van der Waals surface area contributed by atoms with Crippen LogP contribution in [-0.2, 0) is 12.8 Å². The van der Waals surface area contributed by atoms with Gasteiger partial charge in [0.05, 0.1) is 6.10 Å². The summed E-state index contributed by atoms with van der Waals surface area (Å²) in [6, 6.07) is 13.0.